The van der Waals surface area contributed by atoms with Crippen LogP contribution in [0.5, 0.6) is 0 Å². The molecule has 0 spiro atoms. The predicted molar refractivity (Wildman–Crippen MR) is 77.1 cm³/mol. The summed E-state index contributed by atoms with van der Waals surface area (Å²) in [4.78, 5) is 23.8. The average Bonchev–Trinajstić information content (AvgIpc) is 3.05. The van der Waals surface area contributed by atoms with Gasteiger partial charge in [0.05, 0.1) is 5.69 Å². The maximum Gasteiger partial charge on any atom is 0.331 e. The summed E-state index contributed by atoms with van der Waals surface area (Å²) in [6.07, 6.45) is 0.668. The molecular weight excluding hydrogens is 292 g/mol. The highest BCUT2D eigenvalue weighted by Gasteiger charge is 2.23. The number of carbonyl (C=O) groups is 2. The first-order valence-corrected chi connectivity index (χ1v) is 7.34. The Labute approximate surface area is 125 Å². The second-order valence-electron chi connectivity index (χ2n) is 4.66. The molecule has 1 atom stereocenters. The van der Waals surface area contributed by atoms with Gasteiger partial charge in [0.2, 0.25) is 5.91 Å². The van der Waals surface area contributed by atoms with Gasteiger partial charge in [0.15, 0.2) is 6.04 Å². The lowest BCUT2D eigenvalue weighted by Gasteiger charge is -2.12. The minimum Gasteiger partial charge on any atom is -0.479 e. The molecule has 0 bridgehead atoms. The molecule has 0 aliphatic heterocycles. The summed E-state index contributed by atoms with van der Waals surface area (Å²) in [6, 6.07) is 2.45. The van der Waals surface area contributed by atoms with E-state index in [9.17, 15) is 14.7 Å². The third-order valence-electron chi connectivity index (χ3n) is 3.16. The molecule has 0 fully saturated rings. The second-order valence-corrected chi connectivity index (χ2v) is 5.64. The van der Waals surface area contributed by atoms with Gasteiger partial charge >= 0.3 is 5.97 Å². The van der Waals surface area contributed by atoms with Crippen LogP contribution >= 0.6 is 11.3 Å². The molecule has 0 aliphatic rings. The lowest BCUT2D eigenvalue weighted by molar-refractivity contribution is -0.141. The number of nitrogens with one attached hydrogen (secondary N) is 1. The van der Waals surface area contributed by atoms with Crippen molar-refractivity contribution in [1.82, 2.24) is 10.5 Å². The van der Waals surface area contributed by atoms with E-state index in [0.29, 0.717) is 17.1 Å². The van der Waals surface area contributed by atoms with Crippen molar-refractivity contribution in [3.63, 3.8) is 0 Å². The second kappa shape index (κ2) is 6.53. The Morgan fingerprint density at radius 1 is 1.48 bits per heavy atom. The zero-order valence-electron chi connectivity index (χ0n) is 11.8. The van der Waals surface area contributed by atoms with Crippen LogP contribution in [0.4, 0.5) is 0 Å². The Hall–Kier alpha value is -2.15. The number of aryl methyl sites for hydroxylation is 2. The minimum absolute atomic E-state index is 0.193. The molecule has 21 heavy (non-hydrogen) atoms. The fourth-order valence-electron chi connectivity index (χ4n) is 2.04. The highest BCUT2D eigenvalue weighted by atomic mass is 32.1. The van der Waals surface area contributed by atoms with Gasteiger partial charge in [-0.25, -0.2) is 4.79 Å². The SMILES string of the molecule is Cc1noc(C)c1CCC(=O)NC(C(=O)O)c1cccs1. The molecule has 2 aromatic heterocycles. The van der Waals surface area contributed by atoms with Crippen molar-refractivity contribution in [1.29, 1.82) is 0 Å². The molecule has 2 rings (SSSR count). The standard InChI is InChI=1S/C14H16N2O4S/c1-8-10(9(2)20-16-8)5-6-12(17)15-13(14(18)19)11-4-3-7-21-11/h3-4,7,13H,5-6H2,1-2H3,(H,15,17)(H,18,19). The lowest BCUT2D eigenvalue weighted by atomic mass is 10.1. The molecule has 0 aromatic carbocycles. The highest BCUT2D eigenvalue weighted by molar-refractivity contribution is 7.10. The number of carbonyl (C=O) groups excluding carboxylic acids is 1. The zero-order chi connectivity index (χ0) is 15.4. The summed E-state index contributed by atoms with van der Waals surface area (Å²) in [5, 5.41) is 17.3. The molecular formula is C14H16N2O4S. The van der Waals surface area contributed by atoms with E-state index >= 15 is 0 Å². The van der Waals surface area contributed by atoms with E-state index in [-0.39, 0.29) is 12.3 Å². The van der Waals surface area contributed by atoms with E-state index in [1.165, 1.54) is 11.3 Å². The molecule has 2 aromatic rings. The first kappa shape index (κ1) is 15.2. The Morgan fingerprint density at radius 2 is 2.24 bits per heavy atom. The molecule has 2 heterocycles. The van der Waals surface area contributed by atoms with Crippen LogP contribution in [0.3, 0.4) is 0 Å². The van der Waals surface area contributed by atoms with Gasteiger partial charge in [-0.2, -0.15) is 0 Å². The fraction of sp³-hybridized carbons (Fsp3) is 0.357. The first-order valence-electron chi connectivity index (χ1n) is 6.46. The fourth-order valence-corrected chi connectivity index (χ4v) is 2.81. The van der Waals surface area contributed by atoms with Crippen LogP contribution in [0, 0.1) is 13.8 Å². The van der Waals surface area contributed by atoms with Crippen LogP contribution in [0.15, 0.2) is 22.0 Å². The Bertz CT molecular complexity index is 614. The number of amides is 1. The van der Waals surface area contributed by atoms with Gasteiger partial charge in [-0.05, 0) is 31.7 Å². The van der Waals surface area contributed by atoms with Crippen LogP contribution in [0.25, 0.3) is 0 Å². The minimum atomic E-state index is -1.07. The molecule has 112 valence electrons. The van der Waals surface area contributed by atoms with E-state index in [2.05, 4.69) is 10.5 Å². The normalized spacial score (nSPS) is 12.1. The first-order chi connectivity index (χ1) is 9.99. The summed E-state index contributed by atoms with van der Waals surface area (Å²) >= 11 is 1.30. The number of rotatable bonds is 6. The van der Waals surface area contributed by atoms with Crippen molar-refractivity contribution in [3.05, 3.63) is 39.4 Å². The highest BCUT2D eigenvalue weighted by Crippen LogP contribution is 2.20. The molecule has 0 saturated carbocycles. The molecule has 7 heteroatoms. The van der Waals surface area contributed by atoms with Crippen LogP contribution in [-0.2, 0) is 16.0 Å². The third kappa shape index (κ3) is 3.69. The van der Waals surface area contributed by atoms with Gasteiger partial charge in [-0.3, -0.25) is 4.79 Å². The van der Waals surface area contributed by atoms with Crippen LogP contribution in [0.2, 0.25) is 0 Å². The number of carboxylic acid groups (broad SMARTS) is 1. The summed E-state index contributed by atoms with van der Waals surface area (Å²) in [6.45, 7) is 3.61. The molecule has 1 unspecified atom stereocenters. The molecule has 0 aliphatic carbocycles. The van der Waals surface area contributed by atoms with Crippen molar-refractivity contribution in [2.75, 3.05) is 0 Å². The summed E-state index contributed by atoms with van der Waals surface area (Å²) in [5.41, 5.74) is 1.65. The maximum absolute atomic E-state index is 12.0. The van der Waals surface area contributed by atoms with E-state index in [1.54, 1.807) is 24.4 Å². The lowest BCUT2D eigenvalue weighted by Crippen LogP contribution is -2.33. The third-order valence-corrected chi connectivity index (χ3v) is 4.10. The van der Waals surface area contributed by atoms with Crippen molar-refractivity contribution >= 4 is 23.2 Å². The van der Waals surface area contributed by atoms with Crippen LogP contribution in [-0.4, -0.2) is 22.1 Å². The van der Waals surface area contributed by atoms with E-state index in [4.69, 9.17) is 4.52 Å². The zero-order valence-corrected chi connectivity index (χ0v) is 12.6. The number of hydrogen-bond acceptors (Lipinski definition) is 5. The van der Waals surface area contributed by atoms with Crippen LogP contribution in [0.1, 0.15) is 34.4 Å². The van der Waals surface area contributed by atoms with Crippen molar-refractivity contribution in [2.45, 2.75) is 32.7 Å². The maximum atomic E-state index is 12.0. The molecule has 0 saturated heterocycles. The van der Waals surface area contributed by atoms with E-state index < -0.39 is 12.0 Å². The Morgan fingerprint density at radius 3 is 2.76 bits per heavy atom. The van der Waals surface area contributed by atoms with Crippen molar-refractivity contribution in [3.8, 4) is 0 Å². The number of carboxylic acids is 1. The number of aliphatic carboxylic acids is 1. The molecule has 1 amide bonds. The Balaban J connectivity index is 1.96. The number of nitrogens with zero attached hydrogens (tertiary/aromatic N) is 1. The number of hydrogen-bond donors (Lipinski definition) is 2. The number of thiophene rings is 1. The average molecular weight is 308 g/mol. The topological polar surface area (TPSA) is 92.4 Å². The molecule has 6 nitrogen and oxygen atoms in total. The van der Waals surface area contributed by atoms with Gasteiger partial charge in [0.1, 0.15) is 5.76 Å². The molecule has 0 radical (unpaired) electrons. The largest absolute Gasteiger partial charge is 0.479 e. The monoisotopic (exact) mass is 308 g/mol. The van der Waals surface area contributed by atoms with Crippen molar-refractivity contribution in [2.24, 2.45) is 0 Å². The quantitative estimate of drug-likeness (QED) is 0.853. The van der Waals surface area contributed by atoms with E-state index in [0.717, 1.165) is 11.3 Å². The van der Waals surface area contributed by atoms with Gasteiger partial charge in [-0.15, -0.1) is 11.3 Å². The van der Waals surface area contributed by atoms with E-state index in [1.807, 2.05) is 6.92 Å². The van der Waals surface area contributed by atoms with Gasteiger partial charge in [0, 0.05) is 16.9 Å². The summed E-state index contributed by atoms with van der Waals surface area (Å²) < 4.78 is 5.03. The molecule has 2 N–H and O–H groups in total. The van der Waals surface area contributed by atoms with Crippen LogP contribution < -0.4 is 5.32 Å². The Kier molecular flexibility index (Phi) is 4.74. The van der Waals surface area contributed by atoms with Gasteiger partial charge < -0.3 is 14.9 Å². The van der Waals surface area contributed by atoms with Gasteiger partial charge in [-0.1, -0.05) is 11.2 Å². The predicted octanol–water partition coefficient (Wildman–Crippen LogP) is 2.23. The summed E-state index contributed by atoms with van der Waals surface area (Å²) in [7, 11) is 0. The number of aromatic nitrogens is 1. The summed E-state index contributed by atoms with van der Waals surface area (Å²) in [5.74, 6) is -0.688. The van der Waals surface area contributed by atoms with Crippen molar-refractivity contribution < 1.29 is 19.2 Å². The smallest absolute Gasteiger partial charge is 0.331 e. The van der Waals surface area contributed by atoms with Gasteiger partial charge in [0.25, 0.3) is 0 Å².